The first kappa shape index (κ1) is 9.94. The Hall–Kier alpha value is -1.06. The van der Waals surface area contributed by atoms with Gasteiger partial charge in [0.15, 0.2) is 0 Å². The van der Waals surface area contributed by atoms with Gasteiger partial charge in [0.25, 0.3) is 0 Å². The molecule has 0 fully saturated rings. The molecule has 0 saturated carbocycles. The van der Waals surface area contributed by atoms with E-state index in [0.29, 0.717) is 0 Å². The highest BCUT2D eigenvalue weighted by molar-refractivity contribution is 5.73. The van der Waals surface area contributed by atoms with E-state index in [1.165, 1.54) is 6.92 Å². The van der Waals surface area contributed by atoms with Crippen molar-refractivity contribution < 1.29 is 19.8 Å². The summed E-state index contributed by atoms with van der Waals surface area (Å²) < 4.78 is 0. The summed E-state index contributed by atoms with van der Waals surface area (Å²) in [6, 6.07) is 0. The Labute approximate surface area is 64.8 Å². The first-order valence-electron chi connectivity index (χ1n) is 3.23. The summed E-state index contributed by atoms with van der Waals surface area (Å²) in [5.41, 5.74) is 0. The Morgan fingerprint density at radius 2 is 1.82 bits per heavy atom. The number of carbonyl (C=O) groups is 2. The third-order valence-corrected chi connectivity index (χ3v) is 1.41. The molecule has 0 aromatic rings. The summed E-state index contributed by atoms with van der Waals surface area (Å²) >= 11 is 0. The second-order valence-corrected chi connectivity index (χ2v) is 2.51. The average molecular weight is 159 g/mol. The van der Waals surface area contributed by atoms with Gasteiger partial charge in [-0.1, -0.05) is 6.92 Å². The molecule has 1 radical (unpaired) electrons. The second-order valence-electron chi connectivity index (χ2n) is 2.51. The van der Waals surface area contributed by atoms with Crippen LogP contribution < -0.4 is 0 Å². The van der Waals surface area contributed by atoms with E-state index in [4.69, 9.17) is 10.2 Å². The van der Waals surface area contributed by atoms with Gasteiger partial charge in [0.05, 0.1) is 11.8 Å². The molecular formula is C7H11O4. The summed E-state index contributed by atoms with van der Waals surface area (Å²) in [6.45, 7) is 4.76. The van der Waals surface area contributed by atoms with Gasteiger partial charge in [0, 0.05) is 0 Å². The molecule has 11 heavy (non-hydrogen) atoms. The molecular weight excluding hydrogens is 148 g/mol. The average Bonchev–Trinajstić information content (AvgIpc) is 1.87. The maximum atomic E-state index is 10.2. The molecule has 0 aromatic heterocycles. The smallest absolute Gasteiger partial charge is 0.306 e. The Kier molecular flexibility index (Phi) is 3.57. The van der Waals surface area contributed by atoms with Crippen LogP contribution in [0.3, 0.4) is 0 Å². The fourth-order valence-electron chi connectivity index (χ4n) is 0.628. The van der Waals surface area contributed by atoms with Gasteiger partial charge in [-0.05, 0) is 13.3 Å². The summed E-state index contributed by atoms with van der Waals surface area (Å²) in [7, 11) is 0. The molecule has 0 bridgehead atoms. The minimum atomic E-state index is -1.06. The van der Waals surface area contributed by atoms with Crippen molar-refractivity contribution in [2.75, 3.05) is 0 Å². The minimum absolute atomic E-state index is 0.0741. The molecule has 63 valence electrons. The largest absolute Gasteiger partial charge is 0.481 e. The maximum Gasteiger partial charge on any atom is 0.306 e. The van der Waals surface area contributed by atoms with Crippen molar-refractivity contribution in [1.82, 2.24) is 0 Å². The van der Waals surface area contributed by atoms with Crippen molar-refractivity contribution in [3.05, 3.63) is 6.92 Å². The van der Waals surface area contributed by atoms with Gasteiger partial charge in [-0.25, -0.2) is 0 Å². The van der Waals surface area contributed by atoms with Gasteiger partial charge in [-0.2, -0.15) is 0 Å². The number of rotatable bonds is 4. The highest BCUT2D eigenvalue weighted by atomic mass is 16.4. The summed E-state index contributed by atoms with van der Waals surface area (Å²) in [5, 5.41) is 16.7. The molecule has 0 aliphatic rings. The first-order valence-corrected chi connectivity index (χ1v) is 3.23. The molecule has 0 amide bonds. The fourth-order valence-corrected chi connectivity index (χ4v) is 0.628. The fraction of sp³-hybridized carbons (Fsp3) is 0.571. The van der Waals surface area contributed by atoms with E-state index in [9.17, 15) is 9.59 Å². The van der Waals surface area contributed by atoms with Crippen LogP contribution in [-0.4, -0.2) is 22.2 Å². The molecule has 0 heterocycles. The van der Waals surface area contributed by atoms with Crippen molar-refractivity contribution in [2.45, 2.75) is 13.3 Å². The van der Waals surface area contributed by atoms with E-state index in [0.717, 1.165) is 0 Å². The Bertz CT molecular complexity index is 146. The third kappa shape index (κ3) is 3.60. The van der Waals surface area contributed by atoms with E-state index >= 15 is 0 Å². The second kappa shape index (κ2) is 3.95. The topological polar surface area (TPSA) is 74.6 Å². The summed E-state index contributed by atoms with van der Waals surface area (Å²) in [6.07, 6.45) is 0.0741. The predicted molar refractivity (Wildman–Crippen MR) is 37.9 cm³/mol. The third-order valence-electron chi connectivity index (χ3n) is 1.41. The SMILES string of the molecule is [CH2]C(CC(C)C(=O)O)C(=O)O. The van der Waals surface area contributed by atoms with E-state index in [2.05, 4.69) is 6.92 Å². The molecule has 0 spiro atoms. The lowest BCUT2D eigenvalue weighted by molar-refractivity contribution is -0.144. The molecule has 0 aliphatic carbocycles. The van der Waals surface area contributed by atoms with Crippen LogP contribution in [0.25, 0.3) is 0 Å². The first-order chi connectivity index (χ1) is 4.95. The van der Waals surface area contributed by atoms with Crippen molar-refractivity contribution >= 4 is 11.9 Å². The number of hydrogen-bond acceptors (Lipinski definition) is 2. The van der Waals surface area contributed by atoms with Gasteiger partial charge >= 0.3 is 11.9 Å². The number of aliphatic carboxylic acids is 2. The summed E-state index contributed by atoms with van der Waals surface area (Å²) in [5.74, 6) is -3.52. The van der Waals surface area contributed by atoms with E-state index < -0.39 is 23.8 Å². The van der Waals surface area contributed by atoms with Gasteiger partial charge in [-0.15, -0.1) is 0 Å². The van der Waals surface area contributed by atoms with Crippen molar-refractivity contribution in [3.63, 3.8) is 0 Å². The Morgan fingerprint density at radius 3 is 2.09 bits per heavy atom. The van der Waals surface area contributed by atoms with Crippen LogP contribution in [-0.2, 0) is 9.59 Å². The quantitative estimate of drug-likeness (QED) is 0.631. The monoisotopic (exact) mass is 159 g/mol. The van der Waals surface area contributed by atoms with E-state index in [1.807, 2.05) is 0 Å². The molecule has 0 aliphatic heterocycles. The normalized spacial score (nSPS) is 15.5. The molecule has 2 atom stereocenters. The van der Waals surface area contributed by atoms with Crippen molar-refractivity contribution in [3.8, 4) is 0 Å². The lowest BCUT2D eigenvalue weighted by Crippen LogP contribution is -2.18. The molecule has 2 unspecified atom stereocenters. The van der Waals surface area contributed by atoms with E-state index in [-0.39, 0.29) is 6.42 Å². The zero-order valence-corrected chi connectivity index (χ0v) is 6.28. The highest BCUT2D eigenvalue weighted by Crippen LogP contribution is 2.11. The van der Waals surface area contributed by atoms with Gasteiger partial charge in [-0.3, -0.25) is 9.59 Å². The molecule has 0 rings (SSSR count). The number of hydrogen-bond donors (Lipinski definition) is 2. The number of carboxylic acid groups (broad SMARTS) is 2. The van der Waals surface area contributed by atoms with Crippen molar-refractivity contribution in [1.29, 1.82) is 0 Å². The van der Waals surface area contributed by atoms with Crippen LogP contribution in [0.4, 0.5) is 0 Å². The van der Waals surface area contributed by atoms with Crippen LogP contribution >= 0.6 is 0 Å². The predicted octanol–water partition coefficient (Wildman–Crippen LogP) is 0.632. The highest BCUT2D eigenvalue weighted by Gasteiger charge is 2.19. The molecule has 0 saturated heterocycles. The van der Waals surface area contributed by atoms with Crippen molar-refractivity contribution in [2.24, 2.45) is 11.8 Å². The standard InChI is InChI=1S/C7H11O4/c1-4(6(8)9)3-5(2)7(10)11/h4-5H,1,3H2,2H3,(H,8,9)(H,10,11). The zero-order valence-electron chi connectivity index (χ0n) is 6.28. The molecule has 4 heteroatoms. The Balaban J connectivity index is 3.84. The molecule has 2 N–H and O–H groups in total. The van der Waals surface area contributed by atoms with Gasteiger partial charge < -0.3 is 10.2 Å². The minimum Gasteiger partial charge on any atom is -0.481 e. The van der Waals surface area contributed by atoms with Gasteiger partial charge in [0.1, 0.15) is 0 Å². The van der Waals surface area contributed by atoms with Crippen LogP contribution in [0, 0.1) is 18.8 Å². The molecule has 4 nitrogen and oxygen atoms in total. The van der Waals surface area contributed by atoms with Crippen LogP contribution in [0.2, 0.25) is 0 Å². The Morgan fingerprint density at radius 1 is 1.36 bits per heavy atom. The zero-order chi connectivity index (χ0) is 9.02. The lowest BCUT2D eigenvalue weighted by atomic mass is 9.98. The number of carboxylic acids is 2. The van der Waals surface area contributed by atoms with Crippen LogP contribution in [0.1, 0.15) is 13.3 Å². The lowest BCUT2D eigenvalue weighted by Gasteiger charge is -2.08. The summed E-state index contributed by atoms with van der Waals surface area (Å²) in [4.78, 5) is 20.4. The van der Waals surface area contributed by atoms with E-state index in [1.54, 1.807) is 0 Å². The molecule has 0 aromatic carbocycles. The van der Waals surface area contributed by atoms with Gasteiger partial charge in [0.2, 0.25) is 0 Å². The van der Waals surface area contributed by atoms with Crippen LogP contribution in [0.5, 0.6) is 0 Å². The van der Waals surface area contributed by atoms with Crippen LogP contribution in [0.15, 0.2) is 0 Å². The maximum absolute atomic E-state index is 10.2.